The van der Waals surface area contributed by atoms with Gasteiger partial charge in [-0.05, 0) is 55.0 Å². The fourth-order valence-electron chi connectivity index (χ4n) is 3.40. The number of aryl methyl sites for hydroxylation is 3. The van der Waals surface area contributed by atoms with Gasteiger partial charge in [-0.1, -0.05) is 41.6 Å². The Hall–Kier alpha value is -3.08. The van der Waals surface area contributed by atoms with Crippen LogP contribution in [0.2, 0.25) is 0 Å². The number of nitrogens with one attached hydrogen (secondary N) is 2. The lowest BCUT2D eigenvalue weighted by Gasteiger charge is -2.20. The van der Waals surface area contributed by atoms with Crippen molar-refractivity contribution in [2.45, 2.75) is 32.2 Å². The van der Waals surface area contributed by atoms with Crippen LogP contribution in [-0.4, -0.2) is 11.1 Å². The Bertz CT molecular complexity index is 918. The van der Waals surface area contributed by atoms with Crippen LogP contribution in [0.5, 0.6) is 0 Å². The van der Waals surface area contributed by atoms with Gasteiger partial charge < -0.3 is 15.2 Å². The van der Waals surface area contributed by atoms with Gasteiger partial charge in [-0.3, -0.25) is 4.79 Å². The van der Waals surface area contributed by atoms with Gasteiger partial charge in [0.05, 0.1) is 0 Å². The highest BCUT2D eigenvalue weighted by atomic mass is 16.5. The van der Waals surface area contributed by atoms with E-state index in [2.05, 4.69) is 27.9 Å². The van der Waals surface area contributed by atoms with Crippen LogP contribution in [0.25, 0.3) is 0 Å². The highest BCUT2D eigenvalue weighted by molar-refractivity contribution is 5.96. The molecule has 1 aliphatic carbocycles. The van der Waals surface area contributed by atoms with Gasteiger partial charge in [0.15, 0.2) is 5.82 Å². The van der Waals surface area contributed by atoms with Gasteiger partial charge in [0.2, 0.25) is 0 Å². The number of nitrogens with zero attached hydrogens (tertiary/aromatic N) is 1. The molecule has 132 valence electrons. The lowest BCUT2D eigenvalue weighted by atomic mass is 10.0. The third kappa shape index (κ3) is 3.47. The summed E-state index contributed by atoms with van der Waals surface area (Å²) in [7, 11) is 0. The van der Waals surface area contributed by atoms with Crippen molar-refractivity contribution in [3.63, 3.8) is 0 Å². The Kier molecular flexibility index (Phi) is 4.44. The van der Waals surface area contributed by atoms with Gasteiger partial charge in [-0.15, -0.1) is 0 Å². The third-order valence-corrected chi connectivity index (χ3v) is 4.68. The second-order valence-electron chi connectivity index (χ2n) is 6.64. The number of amides is 1. The quantitative estimate of drug-likeness (QED) is 0.723. The summed E-state index contributed by atoms with van der Waals surface area (Å²) in [6.45, 7) is 1.79. The van der Waals surface area contributed by atoms with Gasteiger partial charge in [-0.25, -0.2) is 0 Å². The summed E-state index contributed by atoms with van der Waals surface area (Å²) in [6, 6.07) is 17.2. The van der Waals surface area contributed by atoms with Crippen molar-refractivity contribution in [3.8, 4) is 0 Å². The summed E-state index contributed by atoms with van der Waals surface area (Å²) in [5, 5.41) is 10.1. The smallest absolute Gasteiger partial charge is 0.252 e. The Morgan fingerprint density at radius 2 is 1.88 bits per heavy atom. The number of hydrogen-bond donors (Lipinski definition) is 2. The predicted molar refractivity (Wildman–Crippen MR) is 101 cm³/mol. The summed E-state index contributed by atoms with van der Waals surface area (Å²) in [6.07, 6.45) is 3.45. The van der Waals surface area contributed by atoms with Crippen molar-refractivity contribution in [2.75, 3.05) is 10.6 Å². The largest absolute Gasteiger partial charge is 0.370 e. The molecule has 1 amide bonds. The molecule has 1 aromatic heterocycles. The Balaban J connectivity index is 1.59. The molecule has 1 heterocycles. The van der Waals surface area contributed by atoms with Crippen LogP contribution < -0.4 is 10.6 Å². The van der Waals surface area contributed by atoms with E-state index in [4.69, 9.17) is 4.52 Å². The molecule has 0 saturated heterocycles. The summed E-state index contributed by atoms with van der Waals surface area (Å²) in [5.74, 6) is 0.900. The van der Waals surface area contributed by atoms with Crippen LogP contribution in [-0.2, 0) is 17.6 Å². The number of rotatable bonds is 5. The lowest BCUT2D eigenvalue weighted by molar-refractivity contribution is -0.117. The molecule has 5 heteroatoms. The van der Waals surface area contributed by atoms with Crippen molar-refractivity contribution in [2.24, 2.45) is 0 Å². The van der Waals surface area contributed by atoms with Crippen molar-refractivity contribution >= 4 is 17.4 Å². The molecular formula is C21H21N3O2. The van der Waals surface area contributed by atoms with E-state index in [0.717, 1.165) is 24.1 Å². The van der Waals surface area contributed by atoms with Gasteiger partial charge in [0.1, 0.15) is 11.8 Å². The predicted octanol–water partition coefficient (Wildman–Crippen LogP) is 4.26. The normalized spacial score (nSPS) is 13.9. The fraction of sp³-hybridized carbons (Fsp3) is 0.238. The molecule has 1 aliphatic rings. The number of carbonyl (C=O) groups excluding carboxylic acids is 1. The summed E-state index contributed by atoms with van der Waals surface area (Å²) in [4.78, 5) is 12.9. The van der Waals surface area contributed by atoms with Gasteiger partial charge in [0, 0.05) is 11.8 Å². The van der Waals surface area contributed by atoms with Crippen LogP contribution in [0.3, 0.4) is 0 Å². The van der Waals surface area contributed by atoms with E-state index in [1.54, 1.807) is 13.0 Å². The topological polar surface area (TPSA) is 67.2 Å². The van der Waals surface area contributed by atoms with E-state index in [1.807, 2.05) is 36.4 Å². The molecule has 0 radical (unpaired) electrons. The zero-order valence-electron chi connectivity index (χ0n) is 14.7. The van der Waals surface area contributed by atoms with Gasteiger partial charge in [-0.2, -0.15) is 0 Å². The van der Waals surface area contributed by atoms with Crippen molar-refractivity contribution in [3.05, 3.63) is 77.0 Å². The summed E-state index contributed by atoms with van der Waals surface area (Å²) >= 11 is 0. The minimum absolute atomic E-state index is 0.176. The molecule has 0 fully saturated rings. The molecule has 0 aliphatic heterocycles. The highest BCUT2D eigenvalue weighted by Gasteiger charge is 2.22. The molecule has 26 heavy (non-hydrogen) atoms. The van der Waals surface area contributed by atoms with Crippen LogP contribution in [0.4, 0.5) is 11.5 Å². The standard InChI is InChI=1S/C21H21N3O2/c1-14-12-19(24-26-14)23-21(25)20(16-6-3-2-4-7-16)22-18-11-10-15-8-5-9-17(15)13-18/h2-4,6-7,10-13,20,22H,5,8-9H2,1H3,(H,23,24,25). The molecule has 0 saturated carbocycles. The first-order valence-electron chi connectivity index (χ1n) is 8.86. The number of aromatic nitrogens is 1. The molecule has 4 rings (SSSR count). The minimum atomic E-state index is -0.521. The van der Waals surface area contributed by atoms with E-state index in [0.29, 0.717) is 11.6 Å². The number of carbonyl (C=O) groups is 1. The number of benzene rings is 2. The fourth-order valence-corrected chi connectivity index (χ4v) is 3.40. The summed E-state index contributed by atoms with van der Waals surface area (Å²) in [5.41, 5.74) is 4.63. The molecule has 3 aromatic rings. The maximum atomic E-state index is 12.9. The highest BCUT2D eigenvalue weighted by Crippen LogP contribution is 2.28. The van der Waals surface area contributed by atoms with Crippen LogP contribution in [0.1, 0.15) is 34.9 Å². The maximum Gasteiger partial charge on any atom is 0.252 e. The van der Waals surface area contributed by atoms with Crippen molar-refractivity contribution in [1.29, 1.82) is 0 Å². The van der Waals surface area contributed by atoms with E-state index in [9.17, 15) is 4.79 Å². The van der Waals surface area contributed by atoms with E-state index >= 15 is 0 Å². The molecule has 1 atom stereocenters. The average molecular weight is 347 g/mol. The maximum absolute atomic E-state index is 12.9. The van der Waals surface area contributed by atoms with Crippen LogP contribution in [0.15, 0.2) is 59.1 Å². The monoisotopic (exact) mass is 347 g/mol. The zero-order valence-corrected chi connectivity index (χ0v) is 14.7. The zero-order chi connectivity index (χ0) is 17.9. The van der Waals surface area contributed by atoms with E-state index < -0.39 is 6.04 Å². The second-order valence-corrected chi connectivity index (χ2v) is 6.64. The second kappa shape index (κ2) is 7.04. The van der Waals surface area contributed by atoms with Gasteiger partial charge >= 0.3 is 0 Å². The van der Waals surface area contributed by atoms with Crippen LogP contribution in [0, 0.1) is 6.92 Å². The molecule has 2 N–H and O–H groups in total. The Morgan fingerprint density at radius 1 is 1.08 bits per heavy atom. The van der Waals surface area contributed by atoms with Gasteiger partial charge in [0.25, 0.3) is 5.91 Å². The molecule has 2 aromatic carbocycles. The minimum Gasteiger partial charge on any atom is -0.370 e. The Labute approximate surface area is 152 Å². The van der Waals surface area contributed by atoms with E-state index in [1.165, 1.54) is 17.5 Å². The number of hydrogen-bond acceptors (Lipinski definition) is 4. The Morgan fingerprint density at radius 3 is 2.65 bits per heavy atom. The molecule has 0 bridgehead atoms. The first kappa shape index (κ1) is 16.4. The molecule has 1 unspecified atom stereocenters. The van der Waals surface area contributed by atoms with Crippen LogP contribution >= 0.6 is 0 Å². The van der Waals surface area contributed by atoms with Crippen molar-refractivity contribution < 1.29 is 9.32 Å². The number of anilines is 2. The first-order chi connectivity index (χ1) is 12.7. The molecular weight excluding hydrogens is 326 g/mol. The molecule has 0 spiro atoms. The van der Waals surface area contributed by atoms with E-state index in [-0.39, 0.29) is 5.91 Å². The summed E-state index contributed by atoms with van der Waals surface area (Å²) < 4.78 is 5.03. The van der Waals surface area contributed by atoms with Crippen molar-refractivity contribution in [1.82, 2.24) is 5.16 Å². The average Bonchev–Trinajstić information content (AvgIpc) is 3.28. The SMILES string of the molecule is Cc1cc(NC(=O)C(Nc2ccc3c(c2)CCC3)c2ccccc2)no1. The number of fused-ring (bicyclic) bond motifs is 1. The third-order valence-electron chi connectivity index (χ3n) is 4.68. The molecule has 5 nitrogen and oxygen atoms in total. The lowest BCUT2D eigenvalue weighted by Crippen LogP contribution is -2.27. The first-order valence-corrected chi connectivity index (χ1v) is 8.86.